The lowest BCUT2D eigenvalue weighted by Gasteiger charge is -2.30. The summed E-state index contributed by atoms with van der Waals surface area (Å²) in [6, 6.07) is 7.54. The largest absolute Gasteiger partial charge is 0.453 e. The molecular formula is C24H32N4O3. The van der Waals surface area contributed by atoms with Crippen molar-refractivity contribution in [1.29, 1.82) is 0 Å². The number of ether oxygens (including phenoxy) is 1. The van der Waals surface area contributed by atoms with Gasteiger partial charge in [-0.25, -0.2) is 9.78 Å². The third kappa shape index (κ3) is 4.60. The first kappa shape index (κ1) is 21.4. The monoisotopic (exact) mass is 424 g/mol. The Bertz CT molecular complexity index is 933. The zero-order chi connectivity index (χ0) is 22.1. The van der Waals surface area contributed by atoms with Gasteiger partial charge in [-0.05, 0) is 43.9 Å². The predicted molar refractivity (Wildman–Crippen MR) is 118 cm³/mol. The number of nitrogens with one attached hydrogen (secondary N) is 2. The van der Waals surface area contributed by atoms with E-state index in [0.29, 0.717) is 18.4 Å². The van der Waals surface area contributed by atoms with Crippen LogP contribution in [0.5, 0.6) is 0 Å². The van der Waals surface area contributed by atoms with Crippen molar-refractivity contribution in [2.24, 2.45) is 17.8 Å². The lowest BCUT2D eigenvalue weighted by atomic mass is 10.0. The Labute approximate surface area is 183 Å². The SMILES string of the molecule is COC(=O)N[C@H](C(=O)N1C[C@@H](C2CC2)C[C@H]1c1nc(-c2ccc(C)cc2)c[nH]1)C(C)C. The molecular weight excluding hydrogens is 392 g/mol. The van der Waals surface area contributed by atoms with Crippen LogP contribution in [0.2, 0.25) is 0 Å². The van der Waals surface area contributed by atoms with E-state index < -0.39 is 12.1 Å². The van der Waals surface area contributed by atoms with Crippen molar-refractivity contribution in [2.45, 2.75) is 52.1 Å². The molecule has 1 saturated heterocycles. The number of aromatic amines is 1. The Kier molecular flexibility index (Phi) is 6.03. The molecule has 4 rings (SSSR count). The van der Waals surface area contributed by atoms with Crippen molar-refractivity contribution in [1.82, 2.24) is 20.2 Å². The number of carbonyl (C=O) groups excluding carboxylic acids is 2. The molecule has 1 aliphatic heterocycles. The minimum atomic E-state index is -0.626. The highest BCUT2D eigenvalue weighted by Crippen LogP contribution is 2.47. The highest BCUT2D eigenvalue weighted by atomic mass is 16.5. The molecule has 2 N–H and O–H groups in total. The third-order valence-corrected chi connectivity index (χ3v) is 6.56. The van der Waals surface area contributed by atoms with E-state index in [1.54, 1.807) is 0 Å². The van der Waals surface area contributed by atoms with Crippen molar-refractivity contribution < 1.29 is 14.3 Å². The standard InChI is InChI=1S/C24H32N4O3/c1-14(2)21(27-24(30)31-4)23(29)28-13-18(16-9-10-16)11-20(28)22-25-12-19(26-22)17-7-5-15(3)6-8-17/h5-8,12,14,16,18,20-21H,9-11,13H2,1-4H3,(H,25,26)(H,27,30)/t18-,20-,21-/m0/s1. The fraction of sp³-hybridized carbons (Fsp3) is 0.542. The van der Waals surface area contributed by atoms with Gasteiger partial charge >= 0.3 is 6.09 Å². The van der Waals surface area contributed by atoms with E-state index in [9.17, 15) is 9.59 Å². The maximum Gasteiger partial charge on any atom is 0.407 e. The van der Waals surface area contributed by atoms with Gasteiger partial charge in [0.25, 0.3) is 0 Å². The highest BCUT2D eigenvalue weighted by Gasteiger charge is 2.45. The maximum absolute atomic E-state index is 13.5. The number of methoxy groups -OCH3 is 1. The second-order valence-electron chi connectivity index (χ2n) is 9.23. The Morgan fingerprint density at radius 3 is 2.52 bits per heavy atom. The lowest BCUT2D eigenvalue weighted by molar-refractivity contribution is -0.135. The number of alkyl carbamates (subject to hydrolysis) is 1. The number of aryl methyl sites for hydroxylation is 1. The third-order valence-electron chi connectivity index (χ3n) is 6.56. The quantitative estimate of drug-likeness (QED) is 0.732. The Balaban J connectivity index is 1.59. The molecule has 1 aromatic heterocycles. The molecule has 166 valence electrons. The van der Waals surface area contributed by atoms with Crippen molar-refractivity contribution in [3.8, 4) is 11.3 Å². The summed E-state index contributed by atoms with van der Waals surface area (Å²) in [5.41, 5.74) is 3.14. The Morgan fingerprint density at radius 1 is 1.19 bits per heavy atom. The summed E-state index contributed by atoms with van der Waals surface area (Å²) in [4.78, 5) is 35.5. The molecule has 2 aliphatic rings. The average molecular weight is 425 g/mol. The lowest BCUT2D eigenvalue weighted by Crippen LogP contribution is -2.51. The van der Waals surface area contributed by atoms with E-state index in [0.717, 1.165) is 23.5 Å². The molecule has 3 atom stereocenters. The number of hydrogen-bond acceptors (Lipinski definition) is 4. The van der Waals surface area contributed by atoms with Crippen molar-refractivity contribution in [3.63, 3.8) is 0 Å². The van der Waals surface area contributed by atoms with E-state index in [2.05, 4.69) is 41.5 Å². The Morgan fingerprint density at radius 2 is 1.90 bits per heavy atom. The maximum atomic E-state index is 13.5. The first-order valence-corrected chi connectivity index (χ1v) is 11.1. The van der Waals surface area contributed by atoms with Gasteiger partial charge in [0.2, 0.25) is 5.91 Å². The number of carbonyl (C=O) groups is 2. The first-order valence-electron chi connectivity index (χ1n) is 11.1. The van der Waals surface area contributed by atoms with Gasteiger partial charge in [-0.15, -0.1) is 0 Å². The van der Waals surface area contributed by atoms with Crippen LogP contribution in [0.1, 0.15) is 50.5 Å². The zero-order valence-corrected chi connectivity index (χ0v) is 18.7. The number of H-pyrrole nitrogens is 1. The number of imidazole rings is 1. The van der Waals surface area contributed by atoms with E-state index >= 15 is 0 Å². The van der Waals surface area contributed by atoms with Crippen molar-refractivity contribution >= 4 is 12.0 Å². The molecule has 1 aliphatic carbocycles. The van der Waals surface area contributed by atoms with Crippen LogP contribution in [-0.4, -0.2) is 46.6 Å². The Hall–Kier alpha value is -2.83. The minimum absolute atomic E-state index is 0.0491. The van der Waals surface area contributed by atoms with E-state index in [4.69, 9.17) is 9.72 Å². The summed E-state index contributed by atoms with van der Waals surface area (Å²) in [7, 11) is 1.31. The van der Waals surface area contributed by atoms with Crippen molar-refractivity contribution in [2.75, 3.05) is 13.7 Å². The highest BCUT2D eigenvalue weighted by molar-refractivity contribution is 5.86. The van der Waals surface area contributed by atoms with Crippen LogP contribution in [0.25, 0.3) is 11.3 Å². The second kappa shape index (κ2) is 8.73. The number of nitrogens with zero attached hydrogens (tertiary/aromatic N) is 2. The molecule has 0 radical (unpaired) electrons. The number of amides is 2. The fourth-order valence-electron chi connectivity index (χ4n) is 4.54. The van der Waals surface area contributed by atoms with E-state index in [1.807, 2.05) is 24.9 Å². The molecule has 2 amide bonds. The summed E-state index contributed by atoms with van der Waals surface area (Å²) in [6.07, 6.45) is 4.71. The smallest absolute Gasteiger partial charge is 0.407 e. The molecule has 0 unspecified atom stereocenters. The number of rotatable bonds is 6. The molecule has 2 heterocycles. The van der Waals surface area contributed by atoms with E-state index in [-0.39, 0.29) is 17.9 Å². The van der Waals surface area contributed by atoms with Gasteiger partial charge in [-0.1, -0.05) is 43.7 Å². The molecule has 7 nitrogen and oxygen atoms in total. The summed E-state index contributed by atoms with van der Waals surface area (Å²) in [5, 5.41) is 2.73. The zero-order valence-electron chi connectivity index (χ0n) is 18.7. The van der Waals surface area contributed by atoms with Crippen LogP contribution in [0.3, 0.4) is 0 Å². The number of aromatic nitrogens is 2. The molecule has 1 aromatic carbocycles. The van der Waals surface area contributed by atoms with Crippen LogP contribution in [0.15, 0.2) is 30.5 Å². The molecule has 0 bridgehead atoms. The average Bonchev–Trinajstić information content (AvgIpc) is 3.32. The fourth-order valence-corrected chi connectivity index (χ4v) is 4.54. The van der Waals surface area contributed by atoms with Crippen LogP contribution >= 0.6 is 0 Å². The summed E-state index contributed by atoms with van der Waals surface area (Å²) in [5.74, 6) is 1.87. The van der Waals surface area contributed by atoms with Crippen molar-refractivity contribution in [3.05, 3.63) is 41.9 Å². The van der Waals surface area contributed by atoms with Gasteiger partial charge in [0.05, 0.1) is 18.8 Å². The topological polar surface area (TPSA) is 87.3 Å². The van der Waals surface area contributed by atoms with Crippen LogP contribution in [-0.2, 0) is 9.53 Å². The van der Waals surface area contributed by atoms with Gasteiger partial charge in [-0.2, -0.15) is 0 Å². The normalized spacial score (nSPS) is 21.9. The van der Waals surface area contributed by atoms with Gasteiger partial charge in [0, 0.05) is 18.3 Å². The molecule has 1 saturated carbocycles. The van der Waals surface area contributed by atoms with Gasteiger partial charge in [0.15, 0.2) is 0 Å². The number of benzene rings is 1. The van der Waals surface area contributed by atoms with Crippen LogP contribution < -0.4 is 5.32 Å². The van der Waals surface area contributed by atoms with E-state index in [1.165, 1.54) is 25.5 Å². The second-order valence-corrected chi connectivity index (χ2v) is 9.23. The summed E-state index contributed by atoms with van der Waals surface area (Å²) < 4.78 is 4.75. The molecule has 0 spiro atoms. The van der Waals surface area contributed by atoms with Gasteiger partial charge in [-0.3, -0.25) is 4.79 Å². The minimum Gasteiger partial charge on any atom is -0.453 e. The number of hydrogen-bond donors (Lipinski definition) is 2. The molecule has 7 heteroatoms. The van der Waals surface area contributed by atoms with Crippen LogP contribution in [0, 0.1) is 24.7 Å². The van der Waals surface area contributed by atoms with Crippen LogP contribution in [0.4, 0.5) is 4.79 Å². The first-order chi connectivity index (χ1) is 14.9. The number of likely N-dealkylation sites (tertiary alicyclic amines) is 1. The summed E-state index contributed by atoms with van der Waals surface area (Å²) >= 11 is 0. The predicted octanol–water partition coefficient (Wildman–Crippen LogP) is 4.07. The summed E-state index contributed by atoms with van der Waals surface area (Å²) in [6.45, 7) is 6.64. The molecule has 31 heavy (non-hydrogen) atoms. The molecule has 2 aromatic rings. The molecule has 2 fully saturated rings. The van der Waals surface area contributed by atoms with Gasteiger partial charge < -0.3 is 19.9 Å². The van der Waals surface area contributed by atoms with Gasteiger partial charge in [0.1, 0.15) is 11.9 Å².